The summed E-state index contributed by atoms with van der Waals surface area (Å²) in [6, 6.07) is 5.83. The summed E-state index contributed by atoms with van der Waals surface area (Å²) in [5.74, 6) is 1.74. The quantitative estimate of drug-likeness (QED) is 0.870. The van der Waals surface area contributed by atoms with E-state index in [-0.39, 0.29) is 17.6 Å². The van der Waals surface area contributed by atoms with E-state index in [1.54, 1.807) is 7.11 Å². The molecule has 0 spiro atoms. The van der Waals surface area contributed by atoms with Gasteiger partial charge in [0.25, 0.3) is 0 Å². The van der Waals surface area contributed by atoms with Crippen molar-refractivity contribution in [2.24, 2.45) is 17.6 Å². The minimum Gasteiger partial charge on any atom is -0.497 e. The van der Waals surface area contributed by atoms with Gasteiger partial charge >= 0.3 is 0 Å². The SMILES string of the molecule is COc1ccc(Br)c(CC(CN)C2CCS(=O)(=O)C2)c1. The molecule has 2 N–H and O–H groups in total. The Morgan fingerprint density at radius 3 is 2.80 bits per heavy atom. The third-order valence-electron chi connectivity index (χ3n) is 3.97. The first-order valence-electron chi connectivity index (χ1n) is 6.68. The Bertz CT molecular complexity index is 574. The average molecular weight is 362 g/mol. The predicted octanol–water partition coefficient (Wildman–Crippen LogP) is 2.01. The van der Waals surface area contributed by atoms with Crippen molar-refractivity contribution in [2.75, 3.05) is 25.2 Å². The van der Waals surface area contributed by atoms with Crippen molar-refractivity contribution < 1.29 is 13.2 Å². The number of rotatable bonds is 5. The Balaban J connectivity index is 2.14. The lowest BCUT2D eigenvalue weighted by atomic mass is 9.86. The first kappa shape index (κ1) is 15.8. The maximum absolute atomic E-state index is 11.6. The number of hydrogen-bond donors (Lipinski definition) is 1. The van der Waals surface area contributed by atoms with Crippen LogP contribution >= 0.6 is 15.9 Å². The van der Waals surface area contributed by atoms with E-state index >= 15 is 0 Å². The highest BCUT2D eigenvalue weighted by molar-refractivity contribution is 9.10. The zero-order chi connectivity index (χ0) is 14.8. The van der Waals surface area contributed by atoms with Crippen molar-refractivity contribution in [3.63, 3.8) is 0 Å². The van der Waals surface area contributed by atoms with Gasteiger partial charge in [-0.1, -0.05) is 15.9 Å². The zero-order valence-corrected chi connectivity index (χ0v) is 13.9. The molecule has 6 heteroatoms. The Kier molecular flexibility index (Phi) is 5.09. The molecule has 0 saturated carbocycles. The van der Waals surface area contributed by atoms with Crippen LogP contribution < -0.4 is 10.5 Å². The fraction of sp³-hybridized carbons (Fsp3) is 0.571. The van der Waals surface area contributed by atoms with Crippen molar-refractivity contribution in [2.45, 2.75) is 12.8 Å². The normalized spacial score (nSPS) is 22.6. The fourth-order valence-corrected chi connectivity index (χ4v) is 5.08. The number of hydrogen-bond acceptors (Lipinski definition) is 4. The highest BCUT2D eigenvalue weighted by Gasteiger charge is 2.33. The molecule has 1 aromatic rings. The first-order chi connectivity index (χ1) is 9.45. The topological polar surface area (TPSA) is 69.4 Å². The van der Waals surface area contributed by atoms with E-state index in [1.807, 2.05) is 18.2 Å². The molecule has 0 aromatic heterocycles. The largest absolute Gasteiger partial charge is 0.497 e. The Labute approximate surface area is 128 Å². The van der Waals surface area contributed by atoms with Gasteiger partial charge in [0, 0.05) is 4.47 Å². The smallest absolute Gasteiger partial charge is 0.150 e. The van der Waals surface area contributed by atoms with E-state index in [2.05, 4.69) is 15.9 Å². The van der Waals surface area contributed by atoms with E-state index in [0.29, 0.717) is 12.3 Å². The van der Waals surface area contributed by atoms with E-state index in [0.717, 1.165) is 28.6 Å². The van der Waals surface area contributed by atoms with Crippen LogP contribution in [0.3, 0.4) is 0 Å². The zero-order valence-electron chi connectivity index (χ0n) is 11.5. The van der Waals surface area contributed by atoms with Crippen LogP contribution in [0, 0.1) is 11.8 Å². The minimum atomic E-state index is -2.86. The molecule has 0 radical (unpaired) electrons. The maximum Gasteiger partial charge on any atom is 0.150 e. The molecule has 112 valence electrons. The average Bonchev–Trinajstić information content (AvgIpc) is 2.78. The number of halogens is 1. The highest BCUT2D eigenvalue weighted by atomic mass is 79.9. The van der Waals surface area contributed by atoms with Gasteiger partial charge in [-0.25, -0.2) is 8.42 Å². The van der Waals surface area contributed by atoms with Crippen molar-refractivity contribution in [1.29, 1.82) is 0 Å². The number of benzene rings is 1. The van der Waals surface area contributed by atoms with Crippen LogP contribution in [0.5, 0.6) is 5.75 Å². The maximum atomic E-state index is 11.6. The highest BCUT2D eigenvalue weighted by Crippen LogP contribution is 2.31. The molecule has 1 saturated heterocycles. The molecular weight excluding hydrogens is 342 g/mol. The molecule has 1 heterocycles. The van der Waals surface area contributed by atoms with E-state index in [4.69, 9.17) is 10.5 Å². The van der Waals surface area contributed by atoms with Crippen LogP contribution in [0.4, 0.5) is 0 Å². The van der Waals surface area contributed by atoms with Gasteiger partial charge in [0.05, 0.1) is 18.6 Å². The summed E-state index contributed by atoms with van der Waals surface area (Å²) < 4.78 is 29.5. The molecule has 2 atom stereocenters. The molecule has 1 aliphatic heterocycles. The van der Waals surface area contributed by atoms with Crippen molar-refractivity contribution in [1.82, 2.24) is 0 Å². The molecular formula is C14H20BrNO3S. The van der Waals surface area contributed by atoms with E-state index < -0.39 is 9.84 Å². The van der Waals surface area contributed by atoms with E-state index in [9.17, 15) is 8.42 Å². The monoisotopic (exact) mass is 361 g/mol. The van der Waals surface area contributed by atoms with Crippen LogP contribution in [-0.4, -0.2) is 33.6 Å². The van der Waals surface area contributed by atoms with Gasteiger partial charge in [-0.2, -0.15) is 0 Å². The third kappa shape index (κ3) is 3.74. The first-order valence-corrected chi connectivity index (χ1v) is 9.29. The Morgan fingerprint density at radius 2 is 2.25 bits per heavy atom. The second-order valence-electron chi connectivity index (χ2n) is 5.32. The van der Waals surface area contributed by atoms with Gasteiger partial charge in [0.2, 0.25) is 0 Å². The summed E-state index contributed by atoms with van der Waals surface area (Å²) in [4.78, 5) is 0. The molecule has 4 nitrogen and oxygen atoms in total. The van der Waals surface area contributed by atoms with Crippen molar-refractivity contribution >= 4 is 25.8 Å². The molecule has 0 bridgehead atoms. The van der Waals surface area contributed by atoms with Crippen LogP contribution in [0.1, 0.15) is 12.0 Å². The van der Waals surface area contributed by atoms with Gasteiger partial charge in [-0.15, -0.1) is 0 Å². The van der Waals surface area contributed by atoms with Crippen molar-refractivity contribution in [3.05, 3.63) is 28.2 Å². The third-order valence-corrected chi connectivity index (χ3v) is 6.54. The predicted molar refractivity (Wildman–Crippen MR) is 83.7 cm³/mol. The number of nitrogens with two attached hydrogens (primary N) is 1. The van der Waals surface area contributed by atoms with Crippen LogP contribution in [0.2, 0.25) is 0 Å². The standard InChI is InChI=1S/C14H20BrNO3S/c1-19-13-2-3-14(15)11(7-13)6-12(8-16)10-4-5-20(17,18)9-10/h2-3,7,10,12H,4-6,8-9,16H2,1H3. The van der Waals surface area contributed by atoms with Gasteiger partial charge in [0.15, 0.2) is 9.84 Å². The minimum absolute atomic E-state index is 0.170. The molecule has 1 fully saturated rings. The lowest BCUT2D eigenvalue weighted by Crippen LogP contribution is -2.26. The Morgan fingerprint density at radius 1 is 1.50 bits per heavy atom. The molecule has 1 aromatic carbocycles. The van der Waals surface area contributed by atoms with Gasteiger partial charge in [-0.05, 0) is 55.0 Å². The van der Waals surface area contributed by atoms with Crippen LogP contribution in [0.15, 0.2) is 22.7 Å². The lowest BCUT2D eigenvalue weighted by Gasteiger charge is -2.21. The van der Waals surface area contributed by atoms with Crippen LogP contribution in [-0.2, 0) is 16.3 Å². The molecule has 1 aliphatic rings. The van der Waals surface area contributed by atoms with Crippen LogP contribution in [0.25, 0.3) is 0 Å². The molecule has 0 amide bonds. The van der Waals surface area contributed by atoms with Crippen molar-refractivity contribution in [3.8, 4) is 5.75 Å². The molecule has 0 aliphatic carbocycles. The lowest BCUT2D eigenvalue weighted by molar-refractivity contribution is 0.368. The molecule has 2 rings (SSSR count). The second-order valence-corrected chi connectivity index (χ2v) is 8.40. The number of sulfone groups is 1. The molecule has 2 unspecified atom stereocenters. The summed E-state index contributed by atoms with van der Waals surface area (Å²) in [5, 5.41) is 0. The number of methoxy groups -OCH3 is 1. The summed E-state index contributed by atoms with van der Waals surface area (Å²) in [6.45, 7) is 0.504. The summed E-state index contributed by atoms with van der Waals surface area (Å²) in [6.07, 6.45) is 1.50. The summed E-state index contributed by atoms with van der Waals surface area (Å²) in [5.41, 5.74) is 6.98. The fourth-order valence-electron chi connectivity index (χ4n) is 2.75. The van der Waals surface area contributed by atoms with Gasteiger partial charge in [0.1, 0.15) is 5.75 Å². The summed E-state index contributed by atoms with van der Waals surface area (Å²) in [7, 11) is -1.22. The molecule has 20 heavy (non-hydrogen) atoms. The second kappa shape index (κ2) is 6.45. The summed E-state index contributed by atoms with van der Waals surface area (Å²) >= 11 is 3.53. The van der Waals surface area contributed by atoms with E-state index in [1.165, 1.54) is 0 Å². The van der Waals surface area contributed by atoms with Gasteiger partial charge in [-0.3, -0.25) is 0 Å². The number of ether oxygens (including phenoxy) is 1. The Hall–Kier alpha value is -0.590. The van der Waals surface area contributed by atoms with Gasteiger partial charge < -0.3 is 10.5 Å².